The Morgan fingerprint density at radius 1 is 1.19 bits per heavy atom. The van der Waals surface area contributed by atoms with Crippen LogP contribution in [0.15, 0.2) is 41.5 Å². The van der Waals surface area contributed by atoms with Gasteiger partial charge in [0.15, 0.2) is 0 Å². The third-order valence-electron chi connectivity index (χ3n) is 6.21. The lowest BCUT2D eigenvalue weighted by Crippen LogP contribution is -2.46. The van der Waals surface area contributed by atoms with Crippen molar-refractivity contribution in [2.24, 2.45) is 0 Å². The first-order valence-corrected chi connectivity index (χ1v) is 11.4. The zero-order valence-electron chi connectivity index (χ0n) is 18.7. The highest BCUT2D eigenvalue weighted by Crippen LogP contribution is 2.17. The standard InChI is InChI=1S/C24H32N4O4/c1-19-7-10-27(12-11-26-13-15-31-16-14-26)23(29)22(19)24(30)28-9-4-6-21(17-28)32-18-20-5-2-3-8-25-20/h2-3,5,7-8,10,21H,4,6,9,11-18H2,1H3. The Balaban J connectivity index is 1.40. The number of amides is 1. The molecule has 0 radical (unpaired) electrons. The summed E-state index contributed by atoms with van der Waals surface area (Å²) in [6, 6.07) is 7.61. The van der Waals surface area contributed by atoms with Crippen LogP contribution in [0.4, 0.5) is 0 Å². The number of carbonyl (C=O) groups is 1. The zero-order chi connectivity index (χ0) is 22.3. The summed E-state index contributed by atoms with van der Waals surface area (Å²) in [6.45, 7) is 7.93. The van der Waals surface area contributed by atoms with Gasteiger partial charge < -0.3 is 18.9 Å². The van der Waals surface area contributed by atoms with Crippen molar-refractivity contribution >= 4 is 5.91 Å². The van der Waals surface area contributed by atoms with Crippen LogP contribution in [0.2, 0.25) is 0 Å². The molecule has 0 aliphatic carbocycles. The van der Waals surface area contributed by atoms with Crippen molar-refractivity contribution < 1.29 is 14.3 Å². The number of piperidine rings is 1. The van der Waals surface area contributed by atoms with E-state index in [-0.39, 0.29) is 23.1 Å². The second-order valence-electron chi connectivity index (χ2n) is 8.47. The molecule has 2 aliphatic heterocycles. The smallest absolute Gasteiger partial charge is 0.263 e. The molecule has 1 unspecified atom stereocenters. The predicted molar refractivity (Wildman–Crippen MR) is 121 cm³/mol. The van der Waals surface area contributed by atoms with Gasteiger partial charge in [-0.15, -0.1) is 0 Å². The Kier molecular flexibility index (Phi) is 7.68. The molecule has 2 aromatic rings. The number of aromatic nitrogens is 2. The van der Waals surface area contributed by atoms with Crippen LogP contribution in [0.25, 0.3) is 0 Å². The highest BCUT2D eigenvalue weighted by Gasteiger charge is 2.28. The van der Waals surface area contributed by atoms with Crippen LogP contribution < -0.4 is 5.56 Å². The van der Waals surface area contributed by atoms with E-state index in [9.17, 15) is 9.59 Å². The summed E-state index contributed by atoms with van der Waals surface area (Å²) in [5.74, 6) is -0.195. The van der Waals surface area contributed by atoms with Gasteiger partial charge in [-0.25, -0.2) is 0 Å². The Morgan fingerprint density at radius 2 is 2.03 bits per heavy atom. The number of hydrogen-bond donors (Lipinski definition) is 0. The molecular formula is C24H32N4O4. The van der Waals surface area contributed by atoms with Gasteiger partial charge in [0.2, 0.25) is 0 Å². The van der Waals surface area contributed by atoms with Gasteiger partial charge in [0.1, 0.15) is 5.56 Å². The second kappa shape index (κ2) is 10.8. The SMILES string of the molecule is Cc1ccn(CCN2CCOCC2)c(=O)c1C(=O)N1CCCC(OCc2ccccn2)C1. The molecule has 0 bridgehead atoms. The minimum atomic E-state index is -0.209. The fraction of sp³-hybridized carbons (Fsp3) is 0.542. The van der Waals surface area contributed by atoms with Crippen LogP contribution in [0.5, 0.6) is 0 Å². The van der Waals surface area contributed by atoms with E-state index in [4.69, 9.17) is 9.47 Å². The number of likely N-dealkylation sites (tertiary alicyclic amines) is 1. The van der Waals surface area contributed by atoms with Crippen molar-refractivity contribution in [1.82, 2.24) is 19.4 Å². The summed E-state index contributed by atoms with van der Waals surface area (Å²) in [5.41, 5.74) is 1.66. The summed E-state index contributed by atoms with van der Waals surface area (Å²) in [4.78, 5) is 34.8. The fourth-order valence-corrected chi connectivity index (χ4v) is 4.28. The lowest BCUT2D eigenvalue weighted by molar-refractivity contribution is -0.00794. The summed E-state index contributed by atoms with van der Waals surface area (Å²) in [5, 5.41) is 0. The number of aryl methyl sites for hydroxylation is 1. The maximum atomic E-state index is 13.3. The molecule has 4 rings (SSSR count). The van der Waals surface area contributed by atoms with Crippen molar-refractivity contribution in [1.29, 1.82) is 0 Å². The number of hydrogen-bond acceptors (Lipinski definition) is 6. The van der Waals surface area contributed by atoms with Gasteiger partial charge in [-0.3, -0.25) is 19.5 Å². The summed E-state index contributed by atoms with van der Waals surface area (Å²) in [6.07, 6.45) is 5.24. The zero-order valence-corrected chi connectivity index (χ0v) is 18.7. The molecule has 1 amide bonds. The molecule has 0 saturated carbocycles. The molecule has 2 saturated heterocycles. The highest BCUT2D eigenvalue weighted by molar-refractivity contribution is 5.95. The summed E-state index contributed by atoms with van der Waals surface area (Å²) < 4.78 is 13.1. The highest BCUT2D eigenvalue weighted by atomic mass is 16.5. The minimum Gasteiger partial charge on any atom is -0.379 e. The van der Waals surface area contributed by atoms with Gasteiger partial charge >= 0.3 is 0 Å². The molecule has 2 fully saturated rings. The van der Waals surface area contributed by atoms with Gasteiger partial charge in [0.25, 0.3) is 11.5 Å². The molecule has 8 nitrogen and oxygen atoms in total. The summed E-state index contributed by atoms with van der Waals surface area (Å²) >= 11 is 0. The van der Waals surface area contributed by atoms with Crippen molar-refractivity contribution in [2.75, 3.05) is 45.9 Å². The molecule has 4 heterocycles. The average Bonchev–Trinajstić information content (AvgIpc) is 2.84. The monoisotopic (exact) mass is 440 g/mol. The molecule has 1 atom stereocenters. The Labute approximate surface area is 188 Å². The van der Waals surface area contributed by atoms with E-state index in [1.807, 2.05) is 31.2 Å². The van der Waals surface area contributed by atoms with E-state index in [1.54, 1.807) is 21.9 Å². The first-order chi connectivity index (χ1) is 15.6. The Bertz CT molecular complexity index is 956. The maximum Gasteiger partial charge on any atom is 0.263 e. The van der Waals surface area contributed by atoms with Crippen LogP contribution in [0.1, 0.15) is 34.5 Å². The predicted octanol–water partition coefficient (Wildman–Crippen LogP) is 1.71. The van der Waals surface area contributed by atoms with Crippen molar-refractivity contribution in [3.8, 4) is 0 Å². The van der Waals surface area contributed by atoms with E-state index in [2.05, 4.69) is 9.88 Å². The summed E-state index contributed by atoms with van der Waals surface area (Å²) in [7, 11) is 0. The van der Waals surface area contributed by atoms with Gasteiger partial charge in [0.05, 0.1) is 31.6 Å². The van der Waals surface area contributed by atoms with Gasteiger partial charge in [-0.05, 0) is 43.5 Å². The van der Waals surface area contributed by atoms with Crippen molar-refractivity contribution in [3.63, 3.8) is 0 Å². The van der Waals surface area contributed by atoms with E-state index in [1.165, 1.54) is 0 Å². The third kappa shape index (κ3) is 5.62. The van der Waals surface area contributed by atoms with Gasteiger partial charge in [-0.1, -0.05) is 6.07 Å². The van der Waals surface area contributed by atoms with Gasteiger partial charge in [-0.2, -0.15) is 0 Å². The molecule has 8 heteroatoms. The third-order valence-corrected chi connectivity index (χ3v) is 6.21. The lowest BCUT2D eigenvalue weighted by Gasteiger charge is -2.33. The normalized spacial score (nSPS) is 19.8. The van der Waals surface area contributed by atoms with Gasteiger partial charge in [0, 0.05) is 51.7 Å². The molecule has 32 heavy (non-hydrogen) atoms. The second-order valence-corrected chi connectivity index (χ2v) is 8.47. The minimum absolute atomic E-state index is 0.0535. The maximum absolute atomic E-state index is 13.3. The first-order valence-electron chi connectivity index (χ1n) is 11.4. The van der Waals surface area contributed by atoms with Crippen LogP contribution >= 0.6 is 0 Å². The molecule has 2 aromatic heterocycles. The average molecular weight is 441 g/mol. The van der Waals surface area contributed by atoms with Crippen LogP contribution in [0, 0.1) is 6.92 Å². The number of morpholine rings is 1. The topological polar surface area (TPSA) is 76.9 Å². The van der Waals surface area contributed by atoms with E-state index >= 15 is 0 Å². The number of pyridine rings is 2. The number of rotatable bonds is 7. The first kappa shape index (κ1) is 22.6. The Morgan fingerprint density at radius 3 is 2.81 bits per heavy atom. The number of carbonyl (C=O) groups excluding carboxylic acids is 1. The molecule has 0 spiro atoms. The van der Waals surface area contributed by atoms with Crippen molar-refractivity contribution in [3.05, 3.63) is 63.8 Å². The molecular weight excluding hydrogens is 408 g/mol. The molecule has 2 aliphatic rings. The molecule has 0 aromatic carbocycles. The van der Waals surface area contributed by atoms with Crippen LogP contribution in [-0.2, 0) is 22.6 Å². The van der Waals surface area contributed by atoms with Crippen LogP contribution in [-0.4, -0.2) is 77.3 Å². The van der Waals surface area contributed by atoms with Crippen molar-refractivity contribution in [2.45, 2.75) is 39.0 Å². The quantitative estimate of drug-likeness (QED) is 0.652. The lowest BCUT2D eigenvalue weighted by atomic mass is 10.0. The van der Waals surface area contributed by atoms with E-state index in [0.29, 0.717) is 26.2 Å². The Hall–Kier alpha value is -2.55. The number of ether oxygens (including phenoxy) is 2. The van der Waals surface area contributed by atoms with E-state index < -0.39 is 0 Å². The fourth-order valence-electron chi connectivity index (χ4n) is 4.28. The van der Waals surface area contributed by atoms with Crippen LogP contribution in [0.3, 0.4) is 0 Å². The largest absolute Gasteiger partial charge is 0.379 e. The van der Waals surface area contributed by atoms with E-state index in [0.717, 1.165) is 56.9 Å². The number of nitrogens with zero attached hydrogens (tertiary/aromatic N) is 4. The molecule has 172 valence electrons. The molecule has 0 N–H and O–H groups in total.